The van der Waals surface area contributed by atoms with Crippen LogP contribution >= 0.6 is 43.5 Å². The van der Waals surface area contributed by atoms with Crippen LogP contribution in [0.5, 0.6) is 0 Å². The summed E-state index contributed by atoms with van der Waals surface area (Å²) in [5.41, 5.74) is 1.50. The molecule has 0 saturated heterocycles. The van der Waals surface area contributed by atoms with Gasteiger partial charge in [0.15, 0.2) is 0 Å². The van der Waals surface area contributed by atoms with E-state index < -0.39 is 0 Å². The van der Waals surface area contributed by atoms with Crippen molar-refractivity contribution < 1.29 is 4.79 Å². The van der Waals surface area contributed by atoms with Crippen molar-refractivity contribution in [3.63, 3.8) is 0 Å². The minimum Gasteiger partial charge on any atom is -0.345 e. The predicted octanol–water partition coefficient (Wildman–Crippen LogP) is 5.36. The first-order valence-electron chi connectivity index (χ1n) is 5.99. The molecule has 20 heavy (non-hydrogen) atoms. The third-order valence-corrected chi connectivity index (χ3v) is 4.24. The maximum absolute atomic E-state index is 12.2. The fourth-order valence-electron chi connectivity index (χ4n) is 1.78. The number of carbonyl (C=O) groups is 1. The molecule has 0 spiro atoms. The van der Waals surface area contributed by atoms with Crippen LogP contribution in [-0.2, 0) is 0 Å². The largest absolute Gasteiger partial charge is 0.345 e. The second-order valence-corrected chi connectivity index (χ2v) is 6.61. The highest BCUT2D eigenvalue weighted by Crippen LogP contribution is 2.22. The maximum atomic E-state index is 12.2. The van der Waals surface area contributed by atoms with Gasteiger partial charge in [0.2, 0.25) is 0 Å². The number of halogens is 3. The Morgan fingerprint density at radius 3 is 2.35 bits per heavy atom. The van der Waals surface area contributed by atoms with Crippen LogP contribution in [0.3, 0.4) is 0 Å². The standard InChI is InChI=1S/C15H12Br2ClNO/c1-9(10-2-4-11(16)5-3-10)19-15(20)13-8-12(17)6-7-14(13)18/h2-9H,1H3,(H,19,20)/t9-/m0/s1. The lowest BCUT2D eigenvalue weighted by Gasteiger charge is -2.15. The number of benzene rings is 2. The molecule has 1 atom stereocenters. The summed E-state index contributed by atoms with van der Waals surface area (Å²) in [6.07, 6.45) is 0. The van der Waals surface area contributed by atoms with E-state index in [0.29, 0.717) is 10.6 Å². The van der Waals surface area contributed by atoms with Crippen molar-refractivity contribution in [2.24, 2.45) is 0 Å². The maximum Gasteiger partial charge on any atom is 0.253 e. The molecule has 2 rings (SSSR count). The first-order chi connectivity index (χ1) is 9.47. The van der Waals surface area contributed by atoms with Gasteiger partial charge in [-0.3, -0.25) is 4.79 Å². The van der Waals surface area contributed by atoms with Gasteiger partial charge in [-0.1, -0.05) is 55.6 Å². The van der Waals surface area contributed by atoms with Crippen molar-refractivity contribution in [3.05, 3.63) is 67.6 Å². The third kappa shape index (κ3) is 3.84. The van der Waals surface area contributed by atoms with Crippen molar-refractivity contribution in [1.29, 1.82) is 0 Å². The van der Waals surface area contributed by atoms with Gasteiger partial charge in [0, 0.05) is 8.95 Å². The number of hydrogen-bond donors (Lipinski definition) is 1. The predicted molar refractivity (Wildman–Crippen MR) is 89.2 cm³/mol. The fourth-order valence-corrected chi connectivity index (χ4v) is 2.61. The van der Waals surface area contributed by atoms with Crippen molar-refractivity contribution in [1.82, 2.24) is 5.32 Å². The van der Waals surface area contributed by atoms with Gasteiger partial charge in [0.25, 0.3) is 5.91 Å². The Kier molecular flexibility index (Phi) is 5.24. The van der Waals surface area contributed by atoms with Crippen LogP contribution < -0.4 is 5.32 Å². The van der Waals surface area contributed by atoms with E-state index in [1.54, 1.807) is 18.2 Å². The highest BCUT2D eigenvalue weighted by Gasteiger charge is 2.14. The average Bonchev–Trinajstić information content (AvgIpc) is 2.42. The number of hydrogen-bond acceptors (Lipinski definition) is 1. The van der Waals surface area contributed by atoms with Gasteiger partial charge in [-0.2, -0.15) is 0 Å². The van der Waals surface area contributed by atoms with Gasteiger partial charge in [-0.15, -0.1) is 0 Å². The Balaban J connectivity index is 2.15. The van der Waals surface area contributed by atoms with E-state index in [1.807, 2.05) is 31.2 Å². The van der Waals surface area contributed by atoms with Gasteiger partial charge in [-0.05, 0) is 42.8 Å². The number of rotatable bonds is 3. The fraction of sp³-hybridized carbons (Fsp3) is 0.133. The van der Waals surface area contributed by atoms with Crippen LogP contribution in [0, 0.1) is 0 Å². The van der Waals surface area contributed by atoms with Crippen molar-refractivity contribution in [2.45, 2.75) is 13.0 Å². The zero-order chi connectivity index (χ0) is 14.7. The molecule has 0 fully saturated rings. The van der Waals surface area contributed by atoms with Crippen LogP contribution in [0.25, 0.3) is 0 Å². The third-order valence-electron chi connectivity index (χ3n) is 2.89. The molecule has 0 aliphatic rings. The summed E-state index contributed by atoms with van der Waals surface area (Å²) in [6, 6.07) is 13.0. The van der Waals surface area contributed by atoms with Gasteiger partial charge < -0.3 is 5.32 Å². The van der Waals surface area contributed by atoms with E-state index in [1.165, 1.54) is 0 Å². The highest BCUT2D eigenvalue weighted by molar-refractivity contribution is 9.10. The topological polar surface area (TPSA) is 29.1 Å². The number of nitrogens with one attached hydrogen (secondary N) is 1. The Morgan fingerprint density at radius 1 is 1.10 bits per heavy atom. The summed E-state index contributed by atoms with van der Waals surface area (Å²) in [4.78, 5) is 12.2. The van der Waals surface area contributed by atoms with Gasteiger partial charge in [0.05, 0.1) is 16.6 Å². The molecule has 0 heterocycles. The van der Waals surface area contributed by atoms with Crippen molar-refractivity contribution in [2.75, 3.05) is 0 Å². The lowest BCUT2D eigenvalue weighted by molar-refractivity contribution is 0.0940. The smallest absolute Gasteiger partial charge is 0.253 e. The highest BCUT2D eigenvalue weighted by atomic mass is 79.9. The van der Waals surface area contributed by atoms with Crippen molar-refractivity contribution >= 4 is 49.4 Å². The van der Waals surface area contributed by atoms with Crippen LogP contribution in [0.15, 0.2) is 51.4 Å². The van der Waals surface area contributed by atoms with Crippen LogP contribution in [0.2, 0.25) is 5.02 Å². The molecule has 1 amide bonds. The number of amides is 1. The summed E-state index contributed by atoms with van der Waals surface area (Å²) in [5.74, 6) is -0.188. The van der Waals surface area contributed by atoms with Gasteiger partial charge in [0.1, 0.15) is 0 Å². The van der Waals surface area contributed by atoms with Crippen molar-refractivity contribution in [3.8, 4) is 0 Å². The van der Waals surface area contributed by atoms with Crippen LogP contribution in [0.1, 0.15) is 28.9 Å². The Bertz CT molecular complexity index is 628. The Morgan fingerprint density at radius 2 is 1.70 bits per heavy atom. The van der Waals surface area contributed by atoms with E-state index in [-0.39, 0.29) is 11.9 Å². The molecule has 2 aromatic rings. The second kappa shape index (κ2) is 6.74. The molecule has 0 saturated carbocycles. The van der Waals surface area contributed by atoms with E-state index >= 15 is 0 Å². The summed E-state index contributed by atoms with van der Waals surface area (Å²) in [6.45, 7) is 1.94. The zero-order valence-electron chi connectivity index (χ0n) is 10.7. The van der Waals surface area contributed by atoms with Gasteiger partial charge >= 0.3 is 0 Å². The van der Waals surface area contributed by atoms with Crippen LogP contribution in [-0.4, -0.2) is 5.91 Å². The Labute approximate surface area is 139 Å². The van der Waals surface area contributed by atoms with Gasteiger partial charge in [-0.25, -0.2) is 0 Å². The normalized spacial score (nSPS) is 12.0. The molecule has 0 aliphatic carbocycles. The minimum absolute atomic E-state index is 0.0920. The second-order valence-electron chi connectivity index (χ2n) is 4.37. The first-order valence-corrected chi connectivity index (χ1v) is 7.95. The molecule has 0 unspecified atom stereocenters. The molecule has 0 radical (unpaired) electrons. The van der Waals surface area contributed by atoms with E-state index in [2.05, 4.69) is 37.2 Å². The summed E-state index contributed by atoms with van der Waals surface area (Å²) < 4.78 is 1.83. The molecule has 104 valence electrons. The molecule has 5 heteroatoms. The average molecular weight is 418 g/mol. The lowest BCUT2D eigenvalue weighted by atomic mass is 10.1. The summed E-state index contributed by atoms with van der Waals surface area (Å²) in [7, 11) is 0. The minimum atomic E-state index is -0.188. The molecule has 1 N–H and O–H groups in total. The van der Waals surface area contributed by atoms with E-state index in [4.69, 9.17) is 11.6 Å². The summed E-state index contributed by atoms with van der Waals surface area (Å²) >= 11 is 12.8. The Hall–Kier alpha value is -0.840. The molecular formula is C15H12Br2ClNO. The molecule has 0 aliphatic heterocycles. The zero-order valence-corrected chi connectivity index (χ0v) is 14.6. The van der Waals surface area contributed by atoms with E-state index in [9.17, 15) is 4.79 Å². The number of carbonyl (C=O) groups excluding carboxylic acids is 1. The monoisotopic (exact) mass is 415 g/mol. The SMILES string of the molecule is C[C@H](NC(=O)c1cc(Br)ccc1Cl)c1ccc(Br)cc1. The van der Waals surface area contributed by atoms with Crippen LogP contribution in [0.4, 0.5) is 0 Å². The quantitative estimate of drug-likeness (QED) is 0.716. The lowest BCUT2D eigenvalue weighted by Crippen LogP contribution is -2.26. The molecule has 2 aromatic carbocycles. The molecule has 2 nitrogen and oxygen atoms in total. The van der Waals surface area contributed by atoms with E-state index in [0.717, 1.165) is 14.5 Å². The summed E-state index contributed by atoms with van der Waals surface area (Å²) in [5, 5.41) is 3.38. The molecule has 0 bridgehead atoms. The molecule has 0 aromatic heterocycles. The first kappa shape index (κ1) is 15.5. The molecular weight excluding hydrogens is 405 g/mol.